The summed E-state index contributed by atoms with van der Waals surface area (Å²) in [6.07, 6.45) is 0. The summed E-state index contributed by atoms with van der Waals surface area (Å²) >= 11 is 1.58. The van der Waals surface area contributed by atoms with Gasteiger partial charge < -0.3 is 11.1 Å². The van der Waals surface area contributed by atoms with Crippen LogP contribution in [-0.2, 0) is 11.3 Å². The van der Waals surface area contributed by atoms with E-state index in [1.54, 1.807) is 11.3 Å². The third-order valence-corrected chi connectivity index (χ3v) is 2.65. The molecule has 0 spiro atoms. The molecule has 1 atom stereocenters. The molecule has 3 N–H and O–H groups in total. The lowest BCUT2D eigenvalue weighted by atomic mass is 10.3. The molecule has 0 aliphatic rings. The van der Waals surface area contributed by atoms with Crippen LogP contribution in [-0.4, -0.2) is 18.5 Å². The molecule has 80 valence electrons. The molecule has 0 fully saturated rings. The molecule has 1 aromatic heterocycles. The largest absolute Gasteiger partial charge is 0.368 e. The number of hydrogen-bond donors (Lipinski definition) is 2. The Bertz CT molecular complexity index is 357. The maximum atomic E-state index is 10.9. The van der Waals surface area contributed by atoms with Crippen LogP contribution in [0.15, 0.2) is 22.6 Å². The van der Waals surface area contributed by atoms with Gasteiger partial charge in [-0.25, -0.2) is 0 Å². The molecular formula is C8H11N5OS. The van der Waals surface area contributed by atoms with E-state index in [2.05, 4.69) is 15.3 Å². The highest BCUT2D eigenvalue weighted by Crippen LogP contribution is 2.07. The standard InChI is InChI=1S/C8H11N5OS/c9-8(14)7(5-12-13-10)11-4-6-2-1-3-15-6/h1-3,7,11H,4-5H2,(H2,9,14). The van der Waals surface area contributed by atoms with Gasteiger partial charge >= 0.3 is 0 Å². The Hall–Kier alpha value is -1.56. The third kappa shape index (κ3) is 3.99. The summed E-state index contributed by atoms with van der Waals surface area (Å²) in [5.74, 6) is -0.515. The molecule has 1 unspecified atom stereocenters. The second-order valence-electron chi connectivity index (χ2n) is 2.83. The molecule has 6 nitrogen and oxygen atoms in total. The molecule has 1 rings (SSSR count). The second-order valence-corrected chi connectivity index (χ2v) is 3.86. The lowest BCUT2D eigenvalue weighted by Gasteiger charge is -2.11. The average Bonchev–Trinajstić information content (AvgIpc) is 2.70. The Balaban J connectivity index is 2.44. The van der Waals surface area contributed by atoms with Gasteiger partial charge in [-0.2, -0.15) is 0 Å². The molecule has 0 bridgehead atoms. The van der Waals surface area contributed by atoms with Gasteiger partial charge in [0.1, 0.15) is 0 Å². The second kappa shape index (κ2) is 6.02. The number of rotatable bonds is 6. The highest BCUT2D eigenvalue weighted by atomic mass is 32.1. The summed E-state index contributed by atoms with van der Waals surface area (Å²) in [5, 5.41) is 8.19. The monoisotopic (exact) mass is 225 g/mol. The van der Waals surface area contributed by atoms with Gasteiger partial charge in [0.2, 0.25) is 5.91 Å². The zero-order valence-corrected chi connectivity index (χ0v) is 8.78. The SMILES string of the molecule is [N-]=[N+]=NCC(NCc1cccs1)C(N)=O. The summed E-state index contributed by atoms with van der Waals surface area (Å²) in [4.78, 5) is 14.6. The Morgan fingerprint density at radius 1 is 1.80 bits per heavy atom. The number of nitrogens with one attached hydrogen (secondary N) is 1. The van der Waals surface area contributed by atoms with E-state index in [0.29, 0.717) is 6.54 Å². The summed E-state index contributed by atoms with van der Waals surface area (Å²) < 4.78 is 0. The zero-order valence-electron chi connectivity index (χ0n) is 7.96. The lowest BCUT2D eigenvalue weighted by Crippen LogP contribution is -2.42. The fraction of sp³-hybridized carbons (Fsp3) is 0.375. The van der Waals surface area contributed by atoms with Crippen molar-refractivity contribution in [3.05, 3.63) is 32.8 Å². The van der Waals surface area contributed by atoms with Gasteiger partial charge in [-0.05, 0) is 17.0 Å². The van der Waals surface area contributed by atoms with Crippen molar-refractivity contribution in [2.24, 2.45) is 10.8 Å². The van der Waals surface area contributed by atoms with Crippen LogP contribution >= 0.6 is 11.3 Å². The minimum absolute atomic E-state index is 0.0389. The predicted molar refractivity (Wildman–Crippen MR) is 58.2 cm³/mol. The smallest absolute Gasteiger partial charge is 0.234 e. The Kier molecular flexibility index (Phi) is 4.62. The topological polar surface area (TPSA) is 104 Å². The van der Waals surface area contributed by atoms with Gasteiger partial charge in [0, 0.05) is 16.3 Å². The van der Waals surface area contributed by atoms with E-state index in [4.69, 9.17) is 11.3 Å². The van der Waals surface area contributed by atoms with Gasteiger partial charge in [0.15, 0.2) is 0 Å². The van der Waals surface area contributed by atoms with E-state index in [9.17, 15) is 4.79 Å². The molecular weight excluding hydrogens is 214 g/mol. The highest BCUT2D eigenvalue weighted by Gasteiger charge is 2.13. The Labute approximate surface area is 90.7 Å². The molecule has 0 aliphatic carbocycles. The van der Waals surface area contributed by atoms with Crippen LogP contribution in [0.3, 0.4) is 0 Å². The summed E-state index contributed by atoms with van der Waals surface area (Å²) in [5.41, 5.74) is 13.3. The van der Waals surface area contributed by atoms with E-state index in [1.165, 1.54) is 0 Å². The molecule has 1 amide bonds. The first-order chi connectivity index (χ1) is 7.24. The maximum absolute atomic E-state index is 10.9. The number of nitrogens with two attached hydrogens (primary N) is 1. The molecule has 0 saturated carbocycles. The number of hydrogen-bond acceptors (Lipinski definition) is 4. The number of nitrogens with zero attached hydrogens (tertiary/aromatic N) is 3. The minimum atomic E-state index is -0.608. The van der Waals surface area contributed by atoms with E-state index < -0.39 is 11.9 Å². The van der Waals surface area contributed by atoms with E-state index in [-0.39, 0.29) is 6.54 Å². The van der Waals surface area contributed by atoms with Gasteiger partial charge in [-0.15, -0.1) is 11.3 Å². The molecule has 0 aromatic carbocycles. The van der Waals surface area contributed by atoms with Gasteiger partial charge in [-0.3, -0.25) is 4.79 Å². The average molecular weight is 225 g/mol. The lowest BCUT2D eigenvalue weighted by molar-refractivity contribution is -0.119. The van der Waals surface area contributed by atoms with Crippen LogP contribution in [0.2, 0.25) is 0 Å². The van der Waals surface area contributed by atoms with Crippen LogP contribution in [0.5, 0.6) is 0 Å². The van der Waals surface area contributed by atoms with Gasteiger partial charge in [-0.1, -0.05) is 11.2 Å². The zero-order chi connectivity index (χ0) is 11.1. The molecule has 1 aromatic rings. The number of thiophene rings is 1. The first kappa shape index (κ1) is 11.5. The summed E-state index contributed by atoms with van der Waals surface area (Å²) in [7, 11) is 0. The van der Waals surface area contributed by atoms with Crippen molar-refractivity contribution in [3.63, 3.8) is 0 Å². The molecule has 0 aliphatic heterocycles. The first-order valence-electron chi connectivity index (χ1n) is 4.30. The van der Waals surface area contributed by atoms with Crippen molar-refractivity contribution < 1.29 is 4.79 Å². The van der Waals surface area contributed by atoms with Crippen LogP contribution in [0.4, 0.5) is 0 Å². The predicted octanol–water partition coefficient (Wildman–Crippen LogP) is 1.00. The Morgan fingerprint density at radius 2 is 2.60 bits per heavy atom. The van der Waals surface area contributed by atoms with E-state index >= 15 is 0 Å². The van der Waals surface area contributed by atoms with Crippen molar-refractivity contribution >= 4 is 17.2 Å². The quantitative estimate of drug-likeness (QED) is 0.428. The van der Waals surface area contributed by atoms with E-state index in [1.807, 2.05) is 17.5 Å². The fourth-order valence-electron chi connectivity index (χ4n) is 1.01. The molecule has 0 saturated heterocycles. The molecule has 0 radical (unpaired) electrons. The third-order valence-electron chi connectivity index (χ3n) is 1.77. The normalized spacial score (nSPS) is 11.7. The van der Waals surface area contributed by atoms with Crippen molar-refractivity contribution in [3.8, 4) is 0 Å². The molecule has 7 heteroatoms. The number of azide groups is 1. The van der Waals surface area contributed by atoms with Crippen molar-refractivity contribution in [2.45, 2.75) is 12.6 Å². The van der Waals surface area contributed by atoms with Crippen molar-refractivity contribution in [1.82, 2.24) is 5.32 Å². The number of primary amides is 1. The van der Waals surface area contributed by atoms with Gasteiger partial charge in [0.25, 0.3) is 0 Å². The molecule has 1 heterocycles. The fourth-order valence-corrected chi connectivity index (χ4v) is 1.67. The van der Waals surface area contributed by atoms with Crippen LogP contribution < -0.4 is 11.1 Å². The maximum Gasteiger partial charge on any atom is 0.234 e. The van der Waals surface area contributed by atoms with E-state index in [0.717, 1.165) is 4.88 Å². The highest BCUT2D eigenvalue weighted by molar-refractivity contribution is 7.09. The number of carbonyl (C=O) groups is 1. The summed E-state index contributed by atoms with van der Waals surface area (Å²) in [6, 6.07) is 3.26. The van der Waals surface area contributed by atoms with Crippen LogP contribution in [0, 0.1) is 0 Å². The molecule has 15 heavy (non-hydrogen) atoms. The van der Waals surface area contributed by atoms with Gasteiger partial charge in [0.05, 0.1) is 12.6 Å². The van der Waals surface area contributed by atoms with Crippen LogP contribution in [0.1, 0.15) is 4.88 Å². The summed E-state index contributed by atoms with van der Waals surface area (Å²) in [6.45, 7) is 0.587. The number of carbonyl (C=O) groups excluding carboxylic acids is 1. The van der Waals surface area contributed by atoms with Crippen molar-refractivity contribution in [1.29, 1.82) is 0 Å². The van der Waals surface area contributed by atoms with Crippen molar-refractivity contribution in [2.75, 3.05) is 6.54 Å². The van der Waals surface area contributed by atoms with Crippen LogP contribution in [0.25, 0.3) is 10.4 Å². The first-order valence-corrected chi connectivity index (χ1v) is 5.18. The minimum Gasteiger partial charge on any atom is -0.368 e. The Morgan fingerprint density at radius 3 is 3.13 bits per heavy atom. The number of amides is 1.